The van der Waals surface area contributed by atoms with Gasteiger partial charge in [0, 0.05) is 11.1 Å². The number of hydrogen-bond acceptors (Lipinski definition) is 4. The van der Waals surface area contributed by atoms with E-state index in [1.54, 1.807) is 37.3 Å². The van der Waals surface area contributed by atoms with Gasteiger partial charge >= 0.3 is 0 Å². The van der Waals surface area contributed by atoms with Gasteiger partial charge in [0.2, 0.25) is 0 Å². The van der Waals surface area contributed by atoms with E-state index in [4.69, 9.17) is 16.1 Å². The van der Waals surface area contributed by atoms with Crippen molar-refractivity contribution in [3.63, 3.8) is 0 Å². The van der Waals surface area contributed by atoms with Crippen LogP contribution in [-0.4, -0.2) is 13.6 Å². The molecule has 0 atom stereocenters. The molecule has 0 N–H and O–H groups in total. The molecule has 0 aliphatic heterocycles. The lowest BCUT2D eigenvalue weighted by Crippen LogP contribution is -2.07. The van der Waals surface area contributed by atoms with E-state index in [0.717, 1.165) is 0 Å². The maximum absolute atomic E-state index is 11.9. The molecule has 0 saturated carbocycles. The summed E-state index contributed by atoms with van der Waals surface area (Å²) in [5.41, 5.74) is 1.14. The number of aromatic nitrogens is 1. The summed E-state index contributed by atoms with van der Waals surface area (Å²) in [5, 5.41) is 4.27. The molecule has 0 saturated heterocycles. The van der Waals surface area contributed by atoms with Gasteiger partial charge in [0.15, 0.2) is 9.84 Å². The van der Waals surface area contributed by atoms with Crippen molar-refractivity contribution < 1.29 is 12.9 Å². The number of sulfone groups is 1. The highest BCUT2D eigenvalue weighted by atomic mass is 35.5. The summed E-state index contributed by atoms with van der Waals surface area (Å²) in [6.45, 7) is 1.72. The van der Waals surface area contributed by atoms with Crippen molar-refractivity contribution in [3.05, 3.63) is 52.4 Å². The minimum atomic E-state index is -3.25. The van der Waals surface area contributed by atoms with Gasteiger partial charge in [-0.25, -0.2) is 8.42 Å². The lowest BCUT2D eigenvalue weighted by atomic mass is 10.2. The van der Waals surface area contributed by atoms with Crippen molar-refractivity contribution >= 4 is 21.4 Å². The fourth-order valence-electron chi connectivity index (χ4n) is 1.60. The summed E-state index contributed by atoms with van der Waals surface area (Å²) in [5.74, 6) is 0.454. The standard InChI is InChI=1S/C12H12ClNO3S/c1-9-6-12(14-17-9)8-18(15,16)7-10-2-4-11(13)5-3-10/h2-6H,7-8H2,1H3. The maximum atomic E-state index is 11.9. The molecule has 0 aliphatic rings. The van der Waals surface area contributed by atoms with E-state index in [1.165, 1.54) is 0 Å². The molecule has 0 spiro atoms. The predicted molar refractivity (Wildman–Crippen MR) is 69.0 cm³/mol. The Bertz CT molecular complexity index is 632. The van der Waals surface area contributed by atoms with Crippen molar-refractivity contribution in [1.82, 2.24) is 5.16 Å². The lowest BCUT2D eigenvalue weighted by molar-refractivity contribution is 0.392. The molecule has 0 radical (unpaired) electrons. The SMILES string of the molecule is Cc1cc(CS(=O)(=O)Cc2ccc(Cl)cc2)no1. The molecular weight excluding hydrogens is 274 g/mol. The van der Waals surface area contributed by atoms with Gasteiger partial charge in [-0.2, -0.15) is 0 Å². The molecule has 6 heteroatoms. The van der Waals surface area contributed by atoms with Gasteiger partial charge in [-0.15, -0.1) is 0 Å². The molecular formula is C12H12ClNO3S. The van der Waals surface area contributed by atoms with E-state index < -0.39 is 9.84 Å². The minimum Gasteiger partial charge on any atom is -0.361 e. The van der Waals surface area contributed by atoms with Crippen LogP contribution in [0.3, 0.4) is 0 Å². The topological polar surface area (TPSA) is 60.2 Å². The van der Waals surface area contributed by atoms with Crippen molar-refractivity contribution in [2.45, 2.75) is 18.4 Å². The summed E-state index contributed by atoms with van der Waals surface area (Å²) < 4.78 is 28.7. The number of aryl methyl sites for hydroxylation is 1. The fraction of sp³-hybridized carbons (Fsp3) is 0.250. The zero-order valence-corrected chi connectivity index (χ0v) is 11.3. The van der Waals surface area contributed by atoms with Crippen molar-refractivity contribution in [3.8, 4) is 0 Å². The average molecular weight is 286 g/mol. The van der Waals surface area contributed by atoms with Gasteiger partial charge in [-0.1, -0.05) is 28.9 Å². The number of nitrogens with zero attached hydrogens (tertiary/aromatic N) is 1. The van der Waals surface area contributed by atoms with Gasteiger partial charge in [0.25, 0.3) is 0 Å². The Kier molecular flexibility index (Phi) is 3.73. The molecule has 0 bridgehead atoms. The number of benzene rings is 1. The Morgan fingerprint density at radius 1 is 1.22 bits per heavy atom. The molecule has 1 heterocycles. The van der Waals surface area contributed by atoms with E-state index in [0.29, 0.717) is 22.0 Å². The molecule has 1 aromatic heterocycles. The van der Waals surface area contributed by atoms with Crippen LogP contribution in [0, 0.1) is 6.92 Å². The van der Waals surface area contributed by atoms with E-state index >= 15 is 0 Å². The molecule has 2 aromatic rings. The quantitative estimate of drug-likeness (QED) is 0.866. The van der Waals surface area contributed by atoms with Crippen LogP contribution in [0.5, 0.6) is 0 Å². The van der Waals surface area contributed by atoms with Gasteiger partial charge < -0.3 is 4.52 Å². The third-order valence-electron chi connectivity index (χ3n) is 2.34. The zero-order valence-electron chi connectivity index (χ0n) is 9.76. The first kappa shape index (κ1) is 13.1. The highest BCUT2D eigenvalue weighted by molar-refractivity contribution is 7.89. The normalized spacial score (nSPS) is 11.7. The first-order valence-electron chi connectivity index (χ1n) is 5.32. The van der Waals surface area contributed by atoms with Crippen LogP contribution in [0.4, 0.5) is 0 Å². The zero-order chi connectivity index (χ0) is 13.2. The monoisotopic (exact) mass is 285 g/mol. The fourth-order valence-corrected chi connectivity index (χ4v) is 3.11. The number of hydrogen-bond donors (Lipinski definition) is 0. The highest BCUT2D eigenvalue weighted by Gasteiger charge is 2.15. The Morgan fingerprint density at radius 2 is 1.89 bits per heavy atom. The van der Waals surface area contributed by atoms with Crippen molar-refractivity contribution in [2.75, 3.05) is 0 Å². The van der Waals surface area contributed by atoms with Crippen LogP contribution in [-0.2, 0) is 21.3 Å². The van der Waals surface area contributed by atoms with Crippen molar-refractivity contribution in [2.24, 2.45) is 0 Å². The predicted octanol–water partition coefficient (Wildman–Crippen LogP) is 2.75. The Hall–Kier alpha value is -1.33. The van der Waals surface area contributed by atoms with Gasteiger partial charge in [-0.3, -0.25) is 0 Å². The molecule has 96 valence electrons. The van der Waals surface area contributed by atoms with E-state index in [1.807, 2.05) is 0 Å². The van der Waals surface area contributed by atoms with Crippen LogP contribution >= 0.6 is 11.6 Å². The summed E-state index contributed by atoms with van der Waals surface area (Å²) in [4.78, 5) is 0. The average Bonchev–Trinajstić information content (AvgIpc) is 2.66. The molecule has 4 nitrogen and oxygen atoms in total. The number of halogens is 1. The van der Waals surface area contributed by atoms with Crippen molar-refractivity contribution in [1.29, 1.82) is 0 Å². The van der Waals surface area contributed by atoms with Crippen LogP contribution in [0.25, 0.3) is 0 Å². The second-order valence-electron chi connectivity index (χ2n) is 4.09. The first-order chi connectivity index (χ1) is 8.44. The summed E-state index contributed by atoms with van der Waals surface area (Å²) in [6, 6.07) is 8.38. The van der Waals surface area contributed by atoms with Crippen LogP contribution < -0.4 is 0 Å². The second kappa shape index (κ2) is 5.12. The number of rotatable bonds is 4. The molecule has 0 fully saturated rings. The van der Waals surface area contributed by atoms with E-state index in [2.05, 4.69) is 5.16 Å². The van der Waals surface area contributed by atoms with E-state index in [-0.39, 0.29) is 11.5 Å². The maximum Gasteiger partial charge on any atom is 0.160 e. The smallest absolute Gasteiger partial charge is 0.160 e. The lowest BCUT2D eigenvalue weighted by Gasteiger charge is -2.02. The molecule has 0 amide bonds. The highest BCUT2D eigenvalue weighted by Crippen LogP contribution is 2.15. The van der Waals surface area contributed by atoms with Crippen LogP contribution in [0.1, 0.15) is 17.0 Å². The Labute approximate surface area is 110 Å². The minimum absolute atomic E-state index is 0.0317. The summed E-state index contributed by atoms with van der Waals surface area (Å²) in [7, 11) is -3.25. The molecule has 0 unspecified atom stereocenters. The van der Waals surface area contributed by atoms with Gasteiger partial charge in [0.05, 0.1) is 17.2 Å². The largest absolute Gasteiger partial charge is 0.361 e. The van der Waals surface area contributed by atoms with Gasteiger partial charge in [0.1, 0.15) is 5.76 Å². The van der Waals surface area contributed by atoms with Crippen LogP contribution in [0.2, 0.25) is 5.02 Å². The third kappa shape index (κ3) is 3.58. The Morgan fingerprint density at radius 3 is 2.44 bits per heavy atom. The first-order valence-corrected chi connectivity index (χ1v) is 7.52. The summed E-state index contributed by atoms with van der Waals surface area (Å²) >= 11 is 5.74. The van der Waals surface area contributed by atoms with Gasteiger partial charge in [-0.05, 0) is 24.6 Å². The second-order valence-corrected chi connectivity index (χ2v) is 6.59. The third-order valence-corrected chi connectivity index (χ3v) is 4.11. The Balaban J connectivity index is 2.10. The van der Waals surface area contributed by atoms with E-state index in [9.17, 15) is 8.42 Å². The molecule has 2 rings (SSSR count). The van der Waals surface area contributed by atoms with Crippen LogP contribution in [0.15, 0.2) is 34.9 Å². The molecule has 0 aliphatic carbocycles. The molecule has 18 heavy (non-hydrogen) atoms. The molecule has 1 aromatic carbocycles. The summed E-state index contributed by atoms with van der Waals surface area (Å²) in [6.07, 6.45) is 0.